The molecule has 1 N–H and O–H groups in total. The van der Waals surface area contributed by atoms with E-state index in [9.17, 15) is 4.79 Å². The van der Waals surface area contributed by atoms with Crippen LogP contribution in [0.2, 0.25) is 0 Å². The Kier molecular flexibility index (Phi) is 7.51. The maximum absolute atomic E-state index is 13.5. The summed E-state index contributed by atoms with van der Waals surface area (Å²) in [7, 11) is 1.93. The molecule has 35 heavy (non-hydrogen) atoms. The average Bonchev–Trinajstić information content (AvgIpc) is 3.32. The summed E-state index contributed by atoms with van der Waals surface area (Å²) in [6.07, 6.45) is 3.84. The smallest absolute Gasteiger partial charge is 0.254 e. The van der Waals surface area contributed by atoms with Crippen molar-refractivity contribution >= 4 is 17.2 Å². The number of amides is 1. The molecule has 6 nitrogen and oxygen atoms in total. The number of rotatable bonds is 7. The van der Waals surface area contributed by atoms with Gasteiger partial charge in [0.1, 0.15) is 0 Å². The van der Waals surface area contributed by atoms with Gasteiger partial charge in [0.15, 0.2) is 0 Å². The van der Waals surface area contributed by atoms with Gasteiger partial charge in [-0.05, 0) is 66.4 Å². The highest BCUT2D eigenvalue weighted by atomic mass is 16.5. The molecule has 2 aromatic carbocycles. The van der Waals surface area contributed by atoms with Gasteiger partial charge < -0.3 is 15.0 Å². The summed E-state index contributed by atoms with van der Waals surface area (Å²) in [4.78, 5) is 20.4. The number of nitrogens with zero attached hydrogens (tertiary/aromatic N) is 3. The van der Waals surface area contributed by atoms with E-state index in [1.165, 1.54) is 36.0 Å². The molecule has 2 fully saturated rings. The summed E-state index contributed by atoms with van der Waals surface area (Å²) < 4.78 is 5.47. The average molecular weight is 475 g/mol. The van der Waals surface area contributed by atoms with Gasteiger partial charge in [0.2, 0.25) is 0 Å². The molecule has 3 aliphatic heterocycles. The van der Waals surface area contributed by atoms with Crippen LogP contribution in [-0.2, 0) is 24.4 Å². The first kappa shape index (κ1) is 24.0. The third-order valence-electron chi connectivity index (χ3n) is 7.57. The Labute approximate surface area is 209 Å². The quantitative estimate of drug-likeness (QED) is 0.651. The van der Waals surface area contributed by atoms with Crippen molar-refractivity contribution in [1.82, 2.24) is 14.7 Å². The van der Waals surface area contributed by atoms with Gasteiger partial charge in [-0.2, -0.15) is 0 Å². The molecule has 2 saturated heterocycles. The molecule has 6 heteroatoms. The highest BCUT2D eigenvalue weighted by Crippen LogP contribution is 2.29. The van der Waals surface area contributed by atoms with Crippen LogP contribution in [-0.4, -0.2) is 73.6 Å². The summed E-state index contributed by atoms with van der Waals surface area (Å²) in [5, 5.41) is 3.29. The Morgan fingerprint density at radius 1 is 0.943 bits per heavy atom. The zero-order chi connectivity index (χ0) is 24.2. The molecule has 186 valence electrons. The van der Waals surface area contributed by atoms with E-state index in [1.54, 1.807) is 0 Å². The number of hydrogen-bond donors (Lipinski definition) is 1. The SMILES string of the molecule is C=C(CN1CCCCC1)c1cc(C(=O)N2Cc3ccc(CN4CCOCC4)cc3C2)ccc1NC. The monoisotopic (exact) mass is 474 g/mol. The lowest BCUT2D eigenvalue weighted by molar-refractivity contribution is 0.0342. The molecule has 3 heterocycles. The van der Waals surface area contributed by atoms with Crippen molar-refractivity contribution in [3.63, 3.8) is 0 Å². The number of nitrogens with one attached hydrogen (secondary N) is 1. The van der Waals surface area contributed by atoms with Crippen LogP contribution in [0.25, 0.3) is 5.57 Å². The Hall–Kier alpha value is -2.67. The molecule has 3 aliphatic rings. The molecule has 2 aromatic rings. The van der Waals surface area contributed by atoms with Crippen molar-refractivity contribution in [3.05, 3.63) is 70.8 Å². The molecular weight excluding hydrogens is 436 g/mol. The Bertz CT molecular complexity index is 1070. The van der Waals surface area contributed by atoms with Crippen molar-refractivity contribution in [2.45, 2.75) is 38.9 Å². The zero-order valence-electron chi connectivity index (χ0n) is 21.0. The lowest BCUT2D eigenvalue weighted by Gasteiger charge is -2.28. The normalized spacial score (nSPS) is 18.9. The molecule has 0 radical (unpaired) electrons. The van der Waals surface area contributed by atoms with E-state index in [0.717, 1.165) is 74.9 Å². The van der Waals surface area contributed by atoms with Crippen LogP contribution in [0.3, 0.4) is 0 Å². The van der Waals surface area contributed by atoms with E-state index in [4.69, 9.17) is 4.74 Å². The first-order valence-electron chi connectivity index (χ1n) is 13.0. The number of anilines is 1. The fraction of sp³-hybridized carbons (Fsp3) is 0.483. The van der Waals surface area contributed by atoms with E-state index in [2.05, 4.69) is 39.9 Å². The van der Waals surface area contributed by atoms with Gasteiger partial charge in [-0.3, -0.25) is 14.6 Å². The molecule has 0 saturated carbocycles. The minimum atomic E-state index is 0.0885. The standard InChI is InChI=1S/C29H38N4O2/c1-22(18-31-10-4-3-5-11-31)27-17-24(8-9-28(27)30-2)29(34)33-20-25-7-6-23(16-26(25)21-33)19-32-12-14-35-15-13-32/h6-9,16-17,30H,1,3-5,10-15,18-21H2,2H3. The van der Waals surface area contributed by atoms with E-state index >= 15 is 0 Å². The number of piperidine rings is 1. The molecule has 5 rings (SSSR count). The molecule has 0 unspecified atom stereocenters. The van der Waals surface area contributed by atoms with Gasteiger partial charge in [-0.15, -0.1) is 0 Å². The van der Waals surface area contributed by atoms with Crippen LogP contribution in [0.1, 0.15) is 51.9 Å². The minimum Gasteiger partial charge on any atom is -0.388 e. The number of carbonyl (C=O) groups is 1. The van der Waals surface area contributed by atoms with Crippen LogP contribution in [0.5, 0.6) is 0 Å². The predicted octanol–water partition coefficient (Wildman–Crippen LogP) is 4.22. The number of hydrogen-bond acceptors (Lipinski definition) is 5. The molecule has 0 spiro atoms. The molecule has 0 bridgehead atoms. The lowest BCUT2D eigenvalue weighted by Crippen LogP contribution is -2.35. The van der Waals surface area contributed by atoms with Crippen molar-refractivity contribution < 1.29 is 9.53 Å². The van der Waals surface area contributed by atoms with Gasteiger partial charge in [0, 0.05) is 63.1 Å². The van der Waals surface area contributed by atoms with Crippen LogP contribution < -0.4 is 5.32 Å². The first-order valence-corrected chi connectivity index (χ1v) is 13.0. The number of likely N-dealkylation sites (tertiary alicyclic amines) is 1. The van der Waals surface area contributed by atoms with Crippen molar-refractivity contribution in [2.24, 2.45) is 0 Å². The molecule has 0 atom stereocenters. The largest absolute Gasteiger partial charge is 0.388 e. The van der Waals surface area contributed by atoms with Crippen molar-refractivity contribution in [3.8, 4) is 0 Å². The van der Waals surface area contributed by atoms with Gasteiger partial charge in [0.25, 0.3) is 5.91 Å². The Morgan fingerprint density at radius 2 is 1.71 bits per heavy atom. The summed E-state index contributed by atoms with van der Waals surface area (Å²) in [5.41, 5.74) is 7.73. The summed E-state index contributed by atoms with van der Waals surface area (Å²) in [6, 6.07) is 12.7. The Balaban J connectivity index is 1.27. The van der Waals surface area contributed by atoms with E-state index < -0.39 is 0 Å². The number of carbonyl (C=O) groups excluding carboxylic acids is 1. The third-order valence-corrected chi connectivity index (χ3v) is 7.57. The van der Waals surface area contributed by atoms with Crippen LogP contribution in [0.4, 0.5) is 5.69 Å². The van der Waals surface area contributed by atoms with Crippen LogP contribution >= 0.6 is 0 Å². The molecule has 1 amide bonds. The van der Waals surface area contributed by atoms with Gasteiger partial charge in [0.05, 0.1) is 13.2 Å². The molecule has 0 aromatic heterocycles. The van der Waals surface area contributed by atoms with Crippen molar-refractivity contribution in [1.29, 1.82) is 0 Å². The number of fused-ring (bicyclic) bond motifs is 1. The number of benzene rings is 2. The second-order valence-electron chi connectivity index (χ2n) is 10.1. The second kappa shape index (κ2) is 10.9. The predicted molar refractivity (Wildman–Crippen MR) is 141 cm³/mol. The topological polar surface area (TPSA) is 48.1 Å². The van der Waals surface area contributed by atoms with Crippen LogP contribution in [0.15, 0.2) is 43.0 Å². The highest BCUT2D eigenvalue weighted by Gasteiger charge is 2.26. The van der Waals surface area contributed by atoms with E-state index in [-0.39, 0.29) is 5.91 Å². The van der Waals surface area contributed by atoms with E-state index in [1.807, 2.05) is 30.1 Å². The maximum Gasteiger partial charge on any atom is 0.254 e. The van der Waals surface area contributed by atoms with Gasteiger partial charge in [-0.25, -0.2) is 0 Å². The zero-order valence-corrected chi connectivity index (χ0v) is 21.0. The summed E-state index contributed by atoms with van der Waals surface area (Å²) in [6.45, 7) is 13.4. The van der Waals surface area contributed by atoms with Crippen molar-refractivity contribution in [2.75, 3.05) is 58.3 Å². The highest BCUT2D eigenvalue weighted by molar-refractivity contribution is 5.96. The maximum atomic E-state index is 13.5. The van der Waals surface area contributed by atoms with Gasteiger partial charge in [-0.1, -0.05) is 31.2 Å². The fourth-order valence-electron chi connectivity index (χ4n) is 5.55. The molecule has 0 aliphatic carbocycles. The van der Waals surface area contributed by atoms with E-state index in [0.29, 0.717) is 13.1 Å². The van der Waals surface area contributed by atoms with Gasteiger partial charge >= 0.3 is 0 Å². The molecular formula is C29H38N4O2. The number of ether oxygens (including phenoxy) is 1. The fourth-order valence-corrected chi connectivity index (χ4v) is 5.55. The first-order chi connectivity index (χ1) is 17.1. The minimum absolute atomic E-state index is 0.0885. The Morgan fingerprint density at radius 3 is 2.49 bits per heavy atom. The summed E-state index contributed by atoms with van der Waals surface area (Å²) >= 11 is 0. The van der Waals surface area contributed by atoms with Crippen LogP contribution in [0, 0.1) is 0 Å². The lowest BCUT2D eigenvalue weighted by atomic mass is 10.00. The summed E-state index contributed by atoms with van der Waals surface area (Å²) in [5.74, 6) is 0.0885. The number of morpholine rings is 1. The third kappa shape index (κ3) is 5.61. The second-order valence-corrected chi connectivity index (χ2v) is 10.1.